The molecule has 0 bridgehead atoms. The van der Waals surface area contributed by atoms with Crippen molar-refractivity contribution in [3.8, 4) is 0 Å². The molecule has 2 rings (SSSR count). The van der Waals surface area contributed by atoms with Crippen LogP contribution >= 0.6 is 67.8 Å². The summed E-state index contributed by atoms with van der Waals surface area (Å²) in [6.07, 6.45) is 0. The largest absolute Gasteiger partial charge is 0.481 e. The third-order valence-corrected chi connectivity index (χ3v) is 8.63. The van der Waals surface area contributed by atoms with Crippen LogP contribution in [0.1, 0.15) is 0 Å². The molecule has 2 aromatic heterocycles. The molecule has 2 N–H and O–H groups in total. The van der Waals surface area contributed by atoms with Gasteiger partial charge in [-0.25, -0.2) is 0 Å². The van der Waals surface area contributed by atoms with Gasteiger partial charge in [0.2, 0.25) is 0 Å². The number of carbonyl (C=O) groups is 2. The van der Waals surface area contributed by atoms with E-state index in [4.69, 9.17) is 10.2 Å². The van der Waals surface area contributed by atoms with Gasteiger partial charge in [0.15, 0.2) is 17.4 Å². The lowest BCUT2D eigenvalue weighted by Gasteiger charge is -1.90. The fourth-order valence-corrected chi connectivity index (χ4v) is 6.72. The Morgan fingerprint density at radius 2 is 1.14 bits per heavy atom. The Bertz CT molecular complexity index is 604. The Balaban J connectivity index is 1.80. The number of hydrogen-bond acceptors (Lipinski definition) is 12. The minimum atomic E-state index is -0.899. The highest BCUT2D eigenvalue weighted by Gasteiger charge is 2.11. The van der Waals surface area contributed by atoms with Crippen LogP contribution in [0.4, 0.5) is 0 Å². The van der Waals surface area contributed by atoms with Gasteiger partial charge in [-0.15, -0.1) is 20.4 Å². The lowest BCUT2D eigenvalue weighted by molar-refractivity contribution is -0.134. The van der Waals surface area contributed by atoms with E-state index in [1.807, 2.05) is 0 Å². The van der Waals surface area contributed by atoms with Crippen molar-refractivity contribution in [1.29, 1.82) is 0 Å². The zero-order valence-electron chi connectivity index (χ0n) is 10.4. The van der Waals surface area contributed by atoms with Crippen molar-refractivity contribution < 1.29 is 19.8 Å². The molecule has 0 aliphatic heterocycles. The lowest BCUT2D eigenvalue weighted by Crippen LogP contribution is -1.96. The van der Waals surface area contributed by atoms with E-state index < -0.39 is 11.9 Å². The van der Waals surface area contributed by atoms with Crippen LogP contribution in [0.2, 0.25) is 0 Å². The highest BCUT2D eigenvalue weighted by Crippen LogP contribution is 2.42. The van der Waals surface area contributed by atoms with Gasteiger partial charge < -0.3 is 10.2 Å². The molecule has 22 heavy (non-hydrogen) atoms. The third-order valence-electron chi connectivity index (χ3n) is 1.60. The summed E-state index contributed by atoms with van der Waals surface area (Å²) in [5.41, 5.74) is 0. The summed E-state index contributed by atoms with van der Waals surface area (Å²) >= 11 is 4.86. The topological polar surface area (TPSA) is 126 Å². The minimum absolute atomic E-state index is 0.0486. The second-order valence-corrected chi connectivity index (χ2v) is 10.2. The summed E-state index contributed by atoms with van der Waals surface area (Å²) in [5, 5.41) is 32.8. The molecule has 0 spiro atoms. The van der Waals surface area contributed by atoms with Crippen molar-refractivity contribution >= 4 is 79.7 Å². The number of hydrogen-bond donors (Lipinski definition) is 2. The van der Waals surface area contributed by atoms with Crippen LogP contribution < -0.4 is 0 Å². The summed E-state index contributed by atoms with van der Waals surface area (Å²) in [6, 6.07) is 0. The van der Waals surface area contributed by atoms with Crippen molar-refractivity contribution in [1.82, 2.24) is 20.4 Å². The van der Waals surface area contributed by atoms with E-state index >= 15 is 0 Å². The van der Waals surface area contributed by atoms with Gasteiger partial charge in [0.25, 0.3) is 0 Å². The summed E-state index contributed by atoms with van der Waals surface area (Å²) < 4.78 is 2.57. The van der Waals surface area contributed by atoms with Gasteiger partial charge in [0, 0.05) is 0 Å². The second-order valence-electron chi connectivity index (χ2n) is 3.20. The Labute approximate surface area is 148 Å². The molecule has 0 aliphatic carbocycles. The maximum Gasteiger partial charge on any atom is 0.313 e. The highest BCUT2D eigenvalue weighted by molar-refractivity contribution is 8.77. The normalized spacial score (nSPS) is 10.7. The Hall–Kier alpha value is -0.540. The van der Waals surface area contributed by atoms with Crippen LogP contribution in [0.25, 0.3) is 0 Å². The standard InChI is InChI=1S/C8H6N4O4S6/c13-3(14)1-17-5-9-11-7(19-5)21-22-8-12-10-6(20-8)18-2-4(15)16/h1-2H2,(H,13,14)(H,15,16). The van der Waals surface area contributed by atoms with Crippen LogP contribution in [-0.4, -0.2) is 54.1 Å². The molecule has 0 unspecified atom stereocenters. The van der Waals surface area contributed by atoms with Gasteiger partial charge in [-0.2, -0.15) is 0 Å². The third kappa shape index (κ3) is 6.29. The first-order valence-electron chi connectivity index (χ1n) is 5.23. The molecule has 2 aromatic rings. The number of thioether (sulfide) groups is 2. The van der Waals surface area contributed by atoms with E-state index in [9.17, 15) is 9.59 Å². The predicted molar refractivity (Wildman–Crippen MR) is 88.3 cm³/mol. The van der Waals surface area contributed by atoms with Gasteiger partial charge in [0.05, 0.1) is 11.5 Å². The smallest absolute Gasteiger partial charge is 0.313 e. The molecule has 2 heterocycles. The number of aromatic nitrogens is 4. The molecular weight excluding hydrogens is 409 g/mol. The molecule has 0 radical (unpaired) electrons. The van der Waals surface area contributed by atoms with Crippen molar-refractivity contribution in [3.63, 3.8) is 0 Å². The average molecular weight is 415 g/mol. The van der Waals surface area contributed by atoms with Crippen LogP contribution in [0.5, 0.6) is 0 Å². The van der Waals surface area contributed by atoms with Crippen LogP contribution in [-0.2, 0) is 9.59 Å². The van der Waals surface area contributed by atoms with E-state index in [0.29, 0.717) is 17.4 Å². The van der Waals surface area contributed by atoms with E-state index in [1.165, 1.54) is 44.3 Å². The number of rotatable bonds is 9. The van der Waals surface area contributed by atoms with E-state index in [-0.39, 0.29) is 11.5 Å². The fourth-order valence-electron chi connectivity index (χ4n) is 0.897. The van der Waals surface area contributed by atoms with Gasteiger partial charge >= 0.3 is 11.9 Å². The molecular formula is C8H6N4O4S6. The number of aliphatic carboxylic acids is 2. The summed E-state index contributed by atoms with van der Waals surface area (Å²) in [6.45, 7) is 0. The molecule has 0 aromatic carbocycles. The molecule has 14 heteroatoms. The second kappa shape index (κ2) is 8.93. The molecule has 0 saturated heterocycles. The lowest BCUT2D eigenvalue weighted by atomic mass is 10.8. The average Bonchev–Trinajstić information content (AvgIpc) is 3.10. The maximum atomic E-state index is 10.5. The van der Waals surface area contributed by atoms with Crippen LogP contribution in [0, 0.1) is 0 Å². The zero-order chi connectivity index (χ0) is 15.9. The number of nitrogens with zero attached hydrogens (tertiary/aromatic N) is 4. The predicted octanol–water partition coefficient (Wildman–Crippen LogP) is 2.54. The molecule has 8 nitrogen and oxygen atoms in total. The van der Waals surface area contributed by atoms with E-state index in [0.717, 1.165) is 23.5 Å². The molecule has 0 fully saturated rings. The van der Waals surface area contributed by atoms with Gasteiger partial charge in [-0.05, 0) is 21.6 Å². The van der Waals surface area contributed by atoms with Crippen LogP contribution in [0.3, 0.4) is 0 Å². The number of carboxylic acid groups (broad SMARTS) is 2. The Kier molecular flexibility index (Phi) is 7.23. The first-order valence-corrected chi connectivity index (χ1v) is 11.0. The molecule has 118 valence electrons. The molecule has 0 atom stereocenters. The van der Waals surface area contributed by atoms with E-state index in [1.54, 1.807) is 0 Å². The quantitative estimate of drug-likeness (QED) is 0.462. The molecule has 0 saturated carbocycles. The Morgan fingerprint density at radius 1 is 0.773 bits per heavy atom. The number of carboxylic acids is 2. The first kappa shape index (κ1) is 17.8. The van der Waals surface area contributed by atoms with Gasteiger partial charge in [0.1, 0.15) is 0 Å². The summed E-state index contributed by atoms with van der Waals surface area (Å²) in [7, 11) is 2.70. The van der Waals surface area contributed by atoms with Crippen molar-refractivity contribution in [2.45, 2.75) is 17.4 Å². The van der Waals surface area contributed by atoms with Gasteiger partial charge in [-0.1, -0.05) is 46.2 Å². The van der Waals surface area contributed by atoms with Crippen molar-refractivity contribution in [2.75, 3.05) is 11.5 Å². The van der Waals surface area contributed by atoms with Crippen molar-refractivity contribution in [3.05, 3.63) is 0 Å². The zero-order valence-corrected chi connectivity index (χ0v) is 15.3. The molecule has 0 amide bonds. The SMILES string of the molecule is O=C(O)CSc1nnc(SSc2nnc(SCC(=O)O)s2)s1. The Morgan fingerprint density at radius 3 is 1.50 bits per heavy atom. The van der Waals surface area contributed by atoms with Crippen molar-refractivity contribution in [2.24, 2.45) is 0 Å². The van der Waals surface area contributed by atoms with Gasteiger partial charge in [-0.3, -0.25) is 9.59 Å². The highest BCUT2D eigenvalue weighted by atomic mass is 33.1. The van der Waals surface area contributed by atoms with E-state index in [2.05, 4.69) is 20.4 Å². The maximum absolute atomic E-state index is 10.5. The van der Waals surface area contributed by atoms with Crippen LogP contribution in [0.15, 0.2) is 17.4 Å². The summed E-state index contributed by atoms with van der Waals surface area (Å²) in [4.78, 5) is 20.9. The fraction of sp³-hybridized carbons (Fsp3) is 0.250. The summed E-state index contributed by atoms with van der Waals surface area (Å²) in [5.74, 6) is -1.90. The monoisotopic (exact) mass is 414 g/mol. The molecule has 0 aliphatic rings. The first-order chi connectivity index (χ1) is 10.5. The minimum Gasteiger partial charge on any atom is -0.481 e.